The molecule has 0 fully saturated rings. The number of nitrogens with zero attached hydrogens (tertiary/aromatic N) is 2. The summed E-state index contributed by atoms with van der Waals surface area (Å²) in [5.41, 5.74) is 3.92. The van der Waals surface area contributed by atoms with Crippen molar-refractivity contribution in [2.45, 2.75) is 18.7 Å². The Hall–Kier alpha value is -1.72. The van der Waals surface area contributed by atoms with Crippen LogP contribution in [-0.4, -0.2) is 10.7 Å². The van der Waals surface area contributed by atoms with Gasteiger partial charge >= 0.3 is 0 Å². The Morgan fingerprint density at radius 1 is 0.897 bits per heavy atom. The second kappa shape index (κ2) is 7.51. The third-order valence-corrected chi connectivity index (χ3v) is 6.48. The van der Waals surface area contributed by atoms with Gasteiger partial charge in [0.05, 0.1) is 16.8 Å². The zero-order valence-electron chi connectivity index (χ0n) is 14.9. The number of fused-ring (bicyclic) bond motifs is 3. The van der Waals surface area contributed by atoms with Gasteiger partial charge in [-0.2, -0.15) is 5.10 Å². The number of halogens is 4. The van der Waals surface area contributed by atoms with E-state index in [0.29, 0.717) is 15.1 Å². The summed E-state index contributed by atoms with van der Waals surface area (Å²) < 4.78 is 7.37. The van der Waals surface area contributed by atoms with Crippen LogP contribution >= 0.6 is 50.7 Å². The normalized spacial score (nSPS) is 20.0. The molecule has 7 heteroatoms. The summed E-state index contributed by atoms with van der Waals surface area (Å²) in [5, 5.41) is 8.72. The highest BCUT2D eigenvalue weighted by molar-refractivity contribution is 9.10. The van der Waals surface area contributed by atoms with E-state index in [1.54, 1.807) is 6.07 Å². The molecular formula is C22H14BrCl3N2O. The quantitative estimate of drug-likeness (QED) is 0.355. The van der Waals surface area contributed by atoms with E-state index in [0.717, 1.165) is 39.0 Å². The predicted octanol–water partition coefficient (Wildman–Crippen LogP) is 7.65. The largest absolute Gasteiger partial charge is 0.464 e. The minimum atomic E-state index is -0.452. The van der Waals surface area contributed by atoms with Gasteiger partial charge in [-0.1, -0.05) is 68.9 Å². The van der Waals surface area contributed by atoms with Crippen molar-refractivity contribution < 1.29 is 4.74 Å². The van der Waals surface area contributed by atoms with Crippen molar-refractivity contribution in [1.82, 2.24) is 5.01 Å². The van der Waals surface area contributed by atoms with E-state index in [9.17, 15) is 0 Å². The molecule has 5 rings (SSSR count). The Kier molecular flexibility index (Phi) is 4.99. The Balaban J connectivity index is 1.62. The minimum absolute atomic E-state index is 0.00726. The monoisotopic (exact) mass is 506 g/mol. The minimum Gasteiger partial charge on any atom is -0.464 e. The Morgan fingerprint density at radius 3 is 2.38 bits per heavy atom. The van der Waals surface area contributed by atoms with Crippen molar-refractivity contribution in [3.05, 3.63) is 96.9 Å². The number of hydrogen-bond donors (Lipinski definition) is 0. The van der Waals surface area contributed by atoms with Gasteiger partial charge in [0, 0.05) is 32.1 Å². The molecule has 3 aromatic rings. The summed E-state index contributed by atoms with van der Waals surface area (Å²) in [5.74, 6) is 0.791. The van der Waals surface area contributed by atoms with E-state index in [4.69, 9.17) is 44.6 Å². The highest BCUT2D eigenvalue weighted by Crippen LogP contribution is 2.49. The smallest absolute Gasteiger partial charge is 0.215 e. The summed E-state index contributed by atoms with van der Waals surface area (Å²) in [6, 6.07) is 19.3. The molecule has 0 spiro atoms. The molecule has 2 heterocycles. The fourth-order valence-electron chi connectivity index (χ4n) is 3.78. The summed E-state index contributed by atoms with van der Waals surface area (Å²) in [6.45, 7) is 0. The summed E-state index contributed by atoms with van der Waals surface area (Å²) in [7, 11) is 0. The van der Waals surface area contributed by atoms with Gasteiger partial charge in [-0.25, -0.2) is 5.01 Å². The molecule has 0 unspecified atom stereocenters. The maximum Gasteiger partial charge on any atom is 0.215 e. The SMILES string of the molecule is Clc1ccc([C@@H]2Oc3ccc(Cl)cc3[C@@H]3CC(c4ccc(Br)cc4)=NN32)c(Cl)c1. The van der Waals surface area contributed by atoms with Crippen LogP contribution in [0.15, 0.2) is 70.2 Å². The average molecular weight is 509 g/mol. The molecule has 0 amide bonds. The zero-order valence-corrected chi connectivity index (χ0v) is 18.8. The molecule has 3 aromatic carbocycles. The lowest BCUT2D eigenvalue weighted by molar-refractivity contribution is -0.0189. The lowest BCUT2D eigenvalue weighted by atomic mass is 9.96. The topological polar surface area (TPSA) is 24.8 Å². The molecule has 0 saturated heterocycles. The Labute approximate surface area is 192 Å². The summed E-state index contributed by atoms with van der Waals surface area (Å²) in [4.78, 5) is 0. The van der Waals surface area contributed by atoms with Gasteiger partial charge in [0.1, 0.15) is 5.75 Å². The predicted molar refractivity (Wildman–Crippen MR) is 121 cm³/mol. The van der Waals surface area contributed by atoms with Crippen LogP contribution in [0.1, 0.15) is 35.4 Å². The summed E-state index contributed by atoms with van der Waals surface area (Å²) >= 11 is 22.4. The van der Waals surface area contributed by atoms with Crippen LogP contribution in [0, 0.1) is 0 Å². The third-order valence-electron chi connectivity index (χ3n) is 5.16. The Bertz CT molecular complexity index is 1130. The number of benzene rings is 3. The first-order valence-electron chi connectivity index (χ1n) is 9.02. The highest BCUT2D eigenvalue weighted by Gasteiger charge is 2.41. The van der Waals surface area contributed by atoms with Crippen molar-refractivity contribution in [3.63, 3.8) is 0 Å². The van der Waals surface area contributed by atoms with Gasteiger partial charge < -0.3 is 4.74 Å². The number of ether oxygens (including phenoxy) is 1. The van der Waals surface area contributed by atoms with Crippen LogP contribution in [0.25, 0.3) is 0 Å². The van der Waals surface area contributed by atoms with Crippen LogP contribution in [0.3, 0.4) is 0 Å². The molecule has 0 aliphatic carbocycles. The molecule has 0 saturated carbocycles. The van der Waals surface area contributed by atoms with Gasteiger partial charge in [-0.05, 0) is 48.0 Å². The van der Waals surface area contributed by atoms with Crippen LogP contribution in [0.2, 0.25) is 15.1 Å². The van der Waals surface area contributed by atoms with E-state index < -0.39 is 6.23 Å². The van der Waals surface area contributed by atoms with Gasteiger partial charge in [0.25, 0.3) is 0 Å². The average Bonchev–Trinajstić information content (AvgIpc) is 3.14. The fraction of sp³-hybridized carbons (Fsp3) is 0.136. The van der Waals surface area contributed by atoms with E-state index in [2.05, 4.69) is 28.1 Å². The molecule has 0 aromatic heterocycles. The van der Waals surface area contributed by atoms with Gasteiger partial charge in [0.15, 0.2) is 0 Å². The molecule has 0 N–H and O–H groups in total. The maximum absolute atomic E-state index is 6.51. The van der Waals surface area contributed by atoms with Crippen LogP contribution in [0.4, 0.5) is 0 Å². The van der Waals surface area contributed by atoms with Crippen LogP contribution in [-0.2, 0) is 0 Å². The van der Waals surface area contributed by atoms with Gasteiger partial charge in [-0.3, -0.25) is 0 Å². The first-order chi connectivity index (χ1) is 14.0. The van der Waals surface area contributed by atoms with Gasteiger partial charge in [0.2, 0.25) is 6.23 Å². The molecule has 146 valence electrons. The van der Waals surface area contributed by atoms with Crippen molar-refractivity contribution in [1.29, 1.82) is 0 Å². The molecule has 0 bridgehead atoms. The van der Waals surface area contributed by atoms with E-state index in [1.807, 2.05) is 47.5 Å². The maximum atomic E-state index is 6.51. The number of hydrazone groups is 1. The van der Waals surface area contributed by atoms with Gasteiger partial charge in [-0.15, -0.1) is 0 Å². The van der Waals surface area contributed by atoms with Crippen LogP contribution in [0.5, 0.6) is 5.75 Å². The molecule has 2 aliphatic heterocycles. The zero-order chi connectivity index (χ0) is 20.1. The van der Waals surface area contributed by atoms with E-state index in [1.165, 1.54) is 0 Å². The first-order valence-corrected chi connectivity index (χ1v) is 10.9. The highest BCUT2D eigenvalue weighted by atomic mass is 79.9. The van der Waals surface area contributed by atoms with Crippen molar-refractivity contribution >= 4 is 56.4 Å². The molecule has 0 radical (unpaired) electrons. The lowest BCUT2D eigenvalue weighted by Gasteiger charge is -2.38. The molecule has 29 heavy (non-hydrogen) atoms. The van der Waals surface area contributed by atoms with Crippen molar-refractivity contribution in [2.75, 3.05) is 0 Å². The Morgan fingerprint density at radius 2 is 1.62 bits per heavy atom. The second-order valence-corrected chi connectivity index (χ2v) is 9.17. The summed E-state index contributed by atoms with van der Waals surface area (Å²) in [6.07, 6.45) is 0.298. The second-order valence-electron chi connectivity index (χ2n) is 6.97. The third kappa shape index (κ3) is 3.53. The molecule has 2 atom stereocenters. The number of hydrogen-bond acceptors (Lipinski definition) is 3. The van der Waals surface area contributed by atoms with Crippen LogP contribution < -0.4 is 4.74 Å². The van der Waals surface area contributed by atoms with Crippen molar-refractivity contribution in [3.8, 4) is 5.75 Å². The van der Waals surface area contributed by atoms with E-state index >= 15 is 0 Å². The van der Waals surface area contributed by atoms with Crippen molar-refractivity contribution in [2.24, 2.45) is 5.10 Å². The lowest BCUT2D eigenvalue weighted by Crippen LogP contribution is -2.33. The molecule has 2 aliphatic rings. The molecule has 3 nitrogen and oxygen atoms in total. The standard InChI is InChI=1S/C22H14BrCl3N2O/c23-13-3-1-12(2-4-13)19-11-20-17-9-14(24)6-8-21(17)29-22(28(20)27-19)16-7-5-15(25)10-18(16)26/h1-10,20,22H,11H2/t20-,22-/m0/s1. The fourth-order valence-corrected chi connectivity index (χ4v) is 4.73. The molecular weight excluding hydrogens is 495 g/mol. The van der Waals surface area contributed by atoms with E-state index in [-0.39, 0.29) is 6.04 Å². The number of rotatable bonds is 2. The first kappa shape index (κ1) is 19.3.